The molecule has 1 nitrogen and oxygen atoms in total. The molecule has 1 fully saturated rings. The Labute approximate surface area is 96.4 Å². The largest absolute Gasteiger partial charge is 0.325 e. The number of hydrogen-bond acceptors (Lipinski definition) is 0. The maximum Gasteiger partial charge on any atom is 0.0833 e. The lowest BCUT2D eigenvalue weighted by Gasteiger charge is -2.37. The molecule has 0 aliphatic carbocycles. The second-order valence-corrected chi connectivity index (χ2v) is 8.10. The molecule has 2 unspecified atom stereocenters. The summed E-state index contributed by atoms with van der Waals surface area (Å²) in [7, 11) is 2.44. The predicted octanol–water partition coefficient (Wildman–Crippen LogP) is 3.55. The van der Waals surface area contributed by atoms with Gasteiger partial charge in [-0.05, 0) is 5.41 Å². The van der Waals surface area contributed by atoms with Gasteiger partial charge in [0, 0.05) is 17.8 Å². The summed E-state index contributed by atoms with van der Waals surface area (Å²) in [4.78, 5) is 0. The minimum Gasteiger partial charge on any atom is -0.325 e. The summed E-state index contributed by atoms with van der Waals surface area (Å²) >= 11 is 0. The van der Waals surface area contributed by atoms with Crippen LogP contribution in [0.5, 0.6) is 0 Å². The molecule has 1 aliphatic heterocycles. The summed E-state index contributed by atoms with van der Waals surface area (Å²) in [5.41, 5.74) is 0.954. The average Bonchev–Trinajstić information content (AvgIpc) is 2.25. The summed E-state index contributed by atoms with van der Waals surface area (Å²) < 4.78 is 1.28. The summed E-state index contributed by atoms with van der Waals surface area (Å²) in [6.07, 6.45) is 1.41. The van der Waals surface area contributed by atoms with Crippen LogP contribution in [-0.2, 0) is 0 Å². The first-order valence-electron chi connectivity index (χ1n) is 6.35. The van der Waals surface area contributed by atoms with Crippen molar-refractivity contribution in [2.24, 2.45) is 16.7 Å². The molecule has 0 bridgehead atoms. The van der Waals surface area contributed by atoms with Crippen LogP contribution in [0.25, 0.3) is 0 Å². The van der Waals surface area contributed by atoms with Crippen molar-refractivity contribution in [1.29, 1.82) is 0 Å². The molecule has 0 aromatic heterocycles. The maximum absolute atomic E-state index is 2.44. The van der Waals surface area contributed by atoms with Crippen molar-refractivity contribution in [2.75, 3.05) is 26.7 Å². The molecule has 0 spiro atoms. The van der Waals surface area contributed by atoms with Gasteiger partial charge in [-0.25, -0.2) is 0 Å². The third-order valence-corrected chi connectivity index (χ3v) is 3.76. The van der Waals surface area contributed by atoms with Gasteiger partial charge >= 0.3 is 0 Å². The third-order valence-electron chi connectivity index (χ3n) is 3.76. The molecule has 1 aliphatic rings. The Hall–Kier alpha value is -0.0400. The van der Waals surface area contributed by atoms with Crippen LogP contribution in [0.4, 0.5) is 0 Å². The SMILES string of the molecule is CC(C)(C)C[N+]1(C)CCC(C(C)(C)C)C1. The van der Waals surface area contributed by atoms with Gasteiger partial charge in [-0.2, -0.15) is 0 Å². The summed E-state index contributed by atoms with van der Waals surface area (Å²) in [5, 5.41) is 0. The van der Waals surface area contributed by atoms with Crippen molar-refractivity contribution in [3.8, 4) is 0 Å². The van der Waals surface area contributed by atoms with Gasteiger partial charge in [0.25, 0.3) is 0 Å². The van der Waals surface area contributed by atoms with Crippen LogP contribution >= 0.6 is 0 Å². The van der Waals surface area contributed by atoms with E-state index in [1.165, 1.54) is 30.5 Å². The van der Waals surface area contributed by atoms with Crippen LogP contribution in [0, 0.1) is 16.7 Å². The van der Waals surface area contributed by atoms with Crippen molar-refractivity contribution in [1.82, 2.24) is 0 Å². The highest BCUT2D eigenvalue weighted by Gasteiger charge is 2.41. The third kappa shape index (κ3) is 3.79. The van der Waals surface area contributed by atoms with Crippen molar-refractivity contribution < 1.29 is 4.48 Å². The highest BCUT2D eigenvalue weighted by Crippen LogP contribution is 2.37. The minimum atomic E-state index is 0.460. The smallest absolute Gasteiger partial charge is 0.0833 e. The Morgan fingerprint density at radius 3 is 1.93 bits per heavy atom. The summed E-state index contributed by atoms with van der Waals surface area (Å²) in [6, 6.07) is 0. The number of quaternary nitrogens is 1. The van der Waals surface area contributed by atoms with Crippen molar-refractivity contribution in [3.63, 3.8) is 0 Å². The lowest BCUT2D eigenvalue weighted by atomic mass is 9.80. The van der Waals surface area contributed by atoms with Gasteiger partial charge in [-0.15, -0.1) is 0 Å². The Morgan fingerprint density at radius 2 is 1.60 bits per heavy atom. The number of hydrogen-bond donors (Lipinski definition) is 0. The molecule has 0 amide bonds. The molecule has 90 valence electrons. The Morgan fingerprint density at radius 1 is 1.07 bits per heavy atom. The van der Waals surface area contributed by atoms with Crippen LogP contribution in [0.15, 0.2) is 0 Å². The number of rotatable bonds is 1. The zero-order valence-electron chi connectivity index (χ0n) is 11.9. The molecule has 1 rings (SSSR count). The fraction of sp³-hybridized carbons (Fsp3) is 1.00. The first kappa shape index (κ1) is 13.0. The van der Waals surface area contributed by atoms with Gasteiger partial charge in [-0.1, -0.05) is 41.5 Å². The number of nitrogens with zero attached hydrogens (tertiary/aromatic N) is 1. The quantitative estimate of drug-likeness (QED) is 0.583. The van der Waals surface area contributed by atoms with Crippen LogP contribution in [0.2, 0.25) is 0 Å². The molecule has 15 heavy (non-hydrogen) atoms. The second kappa shape index (κ2) is 3.76. The highest BCUT2D eigenvalue weighted by molar-refractivity contribution is 4.78. The fourth-order valence-corrected chi connectivity index (χ4v) is 3.18. The molecule has 0 saturated carbocycles. The van der Waals surface area contributed by atoms with E-state index in [1.54, 1.807) is 0 Å². The van der Waals surface area contributed by atoms with Gasteiger partial charge in [0.1, 0.15) is 0 Å². The van der Waals surface area contributed by atoms with E-state index in [0.717, 1.165) is 5.92 Å². The second-order valence-electron chi connectivity index (χ2n) is 8.10. The van der Waals surface area contributed by atoms with E-state index in [2.05, 4.69) is 48.6 Å². The average molecular weight is 212 g/mol. The van der Waals surface area contributed by atoms with Crippen molar-refractivity contribution in [2.45, 2.75) is 48.0 Å². The Bertz CT molecular complexity index is 218. The predicted molar refractivity (Wildman–Crippen MR) is 67.8 cm³/mol. The monoisotopic (exact) mass is 212 g/mol. The molecule has 0 aromatic rings. The van der Waals surface area contributed by atoms with Gasteiger partial charge in [0.05, 0.1) is 26.7 Å². The Balaban J connectivity index is 2.62. The molecule has 1 saturated heterocycles. The van der Waals surface area contributed by atoms with E-state index in [0.29, 0.717) is 10.8 Å². The lowest BCUT2D eigenvalue weighted by molar-refractivity contribution is -0.905. The van der Waals surface area contributed by atoms with Crippen LogP contribution < -0.4 is 0 Å². The fourth-order valence-electron chi connectivity index (χ4n) is 3.18. The summed E-state index contributed by atoms with van der Waals surface area (Å²) in [6.45, 7) is 18.3. The first-order chi connectivity index (χ1) is 6.52. The van der Waals surface area contributed by atoms with Crippen LogP contribution in [-0.4, -0.2) is 31.2 Å². The number of likely N-dealkylation sites (tertiary alicyclic amines) is 1. The first-order valence-corrected chi connectivity index (χ1v) is 6.35. The van der Waals surface area contributed by atoms with Crippen LogP contribution in [0.1, 0.15) is 48.0 Å². The van der Waals surface area contributed by atoms with E-state index >= 15 is 0 Å². The van der Waals surface area contributed by atoms with Crippen molar-refractivity contribution >= 4 is 0 Å². The zero-order chi connectivity index (χ0) is 11.9. The topological polar surface area (TPSA) is 0 Å². The highest BCUT2D eigenvalue weighted by atomic mass is 15.4. The maximum atomic E-state index is 2.44. The minimum absolute atomic E-state index is 0.460. The van der Waals surface area contributed by atoms with E-state index in [1.807, 2.05) is 0 Å². The van der Waals surface area contributed by atoms with Gasteiger partial charge in [0.2, 0.25) is 0 Å². The summed E-state index contributed by atoms with van der Waals surface area (Å²) in [5.74, 6) is 0.907. The van der Waals surface area contributed by atoms with Gasteiger partial charge in [-0.3, -0.25) is 0 Å². The van der Waals surface area contributed by atoms with E-state index < -0.39 is 0 Å². The molecular weight excluding hydrogens is 182 g/mol. The van der Waals surface area contributed by atoms with Gasteiger partial charge in [0.15, 0.2) is 0 Å². The van der Waals surface area contributed by atoms with Gasteiger partial charge < -0.3 is 4.48 Å². The van der Waals surface area contributed by atoms with Crippen molar-refractivity contribution in [3.05, 3.63) is 0 Å². The van der Waals surface area contributed by atoms with Crippen LogP contribution in [0.3, 0.4) is 0 Å². The van der Waals surface area contributed by atoms with E-state index in [9.17, 15) is 0 Å². The standard InChI is InChI=1S/C14H30N/c1-13(2,3)11-15(7)9-8-12(10-15)14(4,5)6/h12H,8-11H2,1-7H3/q+1. The molecular formula is C14H30N+. The molecule has 1 heteroatoms. The Kier molecular flexibility index (Phi) is 3.27. The normalized spacial score (nSPS) is 33.4. The molecule has 0 N–H and O–H groups in total. The lowest BCUT2D eigenvalue weighted by Crippen LogP contribution is -2.47. The molecule has 0 aromatic carbocycles. The van der Waals surface area contributed by atoms with E-state index in [4.69, 9.17) is 0 Å². The molecule has 0 radical (unpaired) electrons. The van der Waals surface area contributed by atoms with E-state index in [-0.39, 0.29) is 0 Å². The molecule has 1 heterocycles. The zero-order valence-corrected chi connectivity index (χ0v) is 11.9. The molecule has 2 atom stereocenters.